The summed E-state index contributed by atoms with van der Waals surface area (Å²) in [6, 6.07) is 39.5. The van der Waals surface area contributed by atoms with Crippen LogP contribution in [0.5, 0.6) is 0 Å². The van der Waals surface area contributed by atoms with Crippen LogP contribution >= 0.6 is 0 Å². The highest BCUT2D eigenvalue weighted by Crippen LogP contribution is 2.46. The Morgan fingerprint density at radius 3 is 1.74 bits per heavy atom. The monoisotopic (exact) mass is 541 g/mol. The van der Waals surface area contributed by atoms with Crippen LogP contribution in [0.1, 0.15) is 12.7 Å². The zero-order valence-corrected chi connectivity index (χ0v) is 22.9. The van der Waals surface area contributed by atoms with Gasteiger partial charge in [-0.2, -0.15) is 0 Å². The summed E-state index contributed by atoms with van der Waals surface area (Å²) in [6.07, 6.45) is 0. The SMILES string of the molecule is [2H]c1c([2H])c([2H])c(-c2ccccc2-c2c3ccccc3c(-c3ccc(-n4c(C)nc5ccccc54)cc3)c3ccccc23)c([2H])c1[2H]. The quantitative estimate of drug-likeness (QED) is 0.203. The van der Waals surface area contributed by atoms with E-state index < -0.39 is 6.04 Å². The first-order valence-corrected chi connectivity index (χ1v) is 14.0. The minimum absolute atomic E-state index is 0.196. The van der Waals surface area contributed by atoms with Crippen LogP contribution in [0.3, 0.4) is 0 Å². The summed E-state index contributed by atoms with van der Waals surface area (Å²) in [5, 5.41) is 4.16. The molecule has 0 amide bonds. The largest absolute Gasteiger partial charge is 0.297 e. The molecule has 0 spiro atoms. The van der Waals surface area contributed by atoms with Gasteiger partial charge in [0.05, 0.1) is 17.9 Å². The molecule has 0 atom stereocenters. The molecule has 0 bridgehead atoms. The van der Waals surface area contributed by atoms with E-state index in [1.54, 1.807) is 0 Å². The lowest BCUT2D eigenvalue weighted by molar-refractivity contribution is 1.00. The molecule has 0 fully saturated rings. The molecule has 0 radical (unpaired) electrons. The fourth-order valence-corrected chi connectivity index (χ4v) is 6.28. The average Bonchev–Trinajstić information content (AvgIpc) is 3.45. The summed E-state index contributed by atoms with van der Waals surface area (Å²) in [6.45, 7) is 2.02. The van der Waals surface area contributed by atoms with Crippen molar-refractivity contribution in [1.82, 2.24) is 9.55 Å². The Morgan fingerprint density at radius 1 is 0.524 bits per heavy atom. The van der Waals surface area contributed by atoms with Crippen LogP contribution in [0.2, 0.25) is 0 Å². The van der Waals surface area contributed by atoms with Gasteiger partial charge in [0.1, 0.15) is 5.82 Å². The van der Waals surface area contributed by atoms with Gasteiger partial charge in [0.25, 0.3) is 0 Å². The second-order valence-corrected chi connectivity index (χ2v) is 10.4. The number of nitrogens with zero attached hydrogens (tertiary/aromatic N) is 2. The molecule has 8 aromatic rings. The molecule has 8 rings (SSSR count). The standard InChI is InChI=1S/C40H28N2/c1-27-41-37-21-11-12-22-38(37)42(27)30-25-23-29(24-26-30)39-33-17-7-9-19-35(33)40(36-20-10-8-18-34(36)39)32-16-6-5-15-31(32)28-13-3-2-4-14-28/h2-26H,1H3/i2D,3D,4D,13D,14D. The third-order valence-corrected chi connectivity index (χ3v) is 8.04. The number of benzene rings is 7. The fourth-order valence-electron chi connectivity index (χ4n) is 6.28. The molecule has 42 heavy (non-hydrogen) atoms. The highest BCUT2D eigenvalue weighted by molar-refractivity contribution is 6.22. The molecule has 0 saturated carbocycles. The van der Waals surface area contributed by atoms with E-state index in [9.17, 15) is 0 Å². The molecule has 2 heteroatoms. The predicted molar refractivity (Wildman–Crippen MR) is 177 cm³/mol. The molecule has 0 N–H and O–H groups in total. The second kappa shape index (κ2) is 9.87. The maximum atomic E-state index is 8.75. The first-order chi connectivity index (χ1) is 22.8. The van der Waals surface area contributed by atoms with Gasteiger partial charge in [-0.05, 0) is 86.1 Å². The van der Waals surface area contributed by atoms with E-state index in [1.807, 2.05) is 73.7 Å². The van der Waals surface area contributed by atoms with Crippen LogP contribution < -0.4 is 0 Å². The van der Waals surface area contributed by atoms with E-state index in [4.69, 9.17) is 11.8 Å². The van der Waals surface area contributed by atoms with Gasteiger partial charge < -0.3 is 0 Å². The van der Waals surface area contributed by atoms with Crippen molar-refractivity contribution in [2.24, 2.45) is 0 Å². The summed E-state index contributed by atoms with van der Waals surface area (Å²) in [7, 11) is 0. The first kappa shape index (κ1) is 19.6. The zero-order valence-electron chi connectivity index (χ0n) is 27.9. The Hall–Kier alpha value is -5.47. The number of hydrogen-bond acceptors (Lipinski definition) is 1. The minimum atomic E-state index is -0.399. The van der Waals surface area contributed by atoms with Crippen molar-refractivity contribution in [3.8, 4) is 39.1 Å². The number of para-hydroxylation sites is 2. The smallest absolute Gasteiger partial charge is 0.111 e. The average molecular weight is 542 g/mol. The van der Waals surface area contributed by atoms with Crippen molar-refractivity contribution in [2.45, 2.75) is 6.92 Å². The van der Waals surface area contributed by atoms with Gasteiger partial charge in [0.15, 0.2) is 0 Å². The molecule has 198 valence electrons. The summed E-state index contributed by atoms with van der Waals surface area (Å²) in [5.74, 6) is 0.928. The summed E-state index contributed by atoms with van der Waals surface area (Å²) < 4.78 is 44.5. The van der Waals surface area contributed by atoms with Crippen molar-refractivity contribution < 1.29 is 6.85 Å². The Bertz CT molecular complexity index is 2450. The van der Waals surface area contributed by atoms with Gasteiger partial charge in [-0.3, -0.25) is 4.57 Å². The number of rotatable bonds is 4. The lowest BCUT2D eigenvalue weighted by atomic mass is 9.84. The van der Waals surface area contributed by atoms with Crippen LogP contribution in [-0.2, 0) is 0 Å². The van der Waals surface area contributed by atoms with Gasteiger partial charge in [-0.1, -0.05) is 127 Å². The van der Waals surface area contributed by atoms with Crippen LogP contribution in [0, 0.1) is 6.92 Å². The topological polar surface area (TPSA) is 17.8 Å². The maximum absolute atomic E-state index is 8.75. The number of aryl methyl sites for hydroxylation is 1. The molecule has 0 aliphatic heterocycles. The number of hydrogen-bond donors (Lipinski definition) is 0. The molecule has 0 aliphatic rings. The Labute approximate surface area is 252 Å². The molecule has 0 aliphatic carbocycles. The zero-order chi connectivity index (χ0) is 32.4. The van der Waals surface area contributed by atoms with Gasteiger partial charge in [0, 0.05) is 5.69 Å². The minimum Gasteiger partial charge on any atom is -0.297 e. The predicted octanol–water partition coefficient (Wildman–Crippen LogP) is 10.6. The van der Waals surface area contributed by atoms with Crippen molar-refractivity contribution >= 4 is 32.6 Å². The van der Waals surface area contributed by atoms with Crippen LogP contribution in [0.15, 0.2) is 152 Å². The van der Waals surface area contributed by atoms with Gasteiger partial charge in [0.2, 0.25) is 0 Å². The molecule has 1 heterocycles. The van der Waals surface area contributed by atoms with E-state index >= 15 is 0 Å². The van der Waals surface area contributed by atoms with Crippen molar-refractivity contribution in [3.05, 3.63) is 157 Å². The number of fused-ring (bicyclic) bond motifs is 3. The molecule has 0 unspecified atom stereocenters. The lowest BCUT2D eigenvalue weighted by Crippen LogP contribution is -1.97. The Morgan fingerprint density at radius 2 is 1.07 bits per heavy atom. The molecular weight excluding hydrogens is 508 g/mol. The third-order valence-electron chi connectivity index (χ3n) is 8.04. The van der Waals surface area contributed by atoms with Crippen LogP contribution in [0.25, 0.3) is 71.6 Å². The van der Waals surface area contributed by atoms with E-state index in [-0.39, 0.29) is 29.7 Å². The summed E-state index contributed by atoms with van der Waals surface area (Å²) >= 11 is 0. The molecular formula is C40H28N2. The van der Waals surface area contributed by atoms with Gasteiger partial charge in [-0.15, -0.1) is 0 Å². The first-order valence-electron chi connectivity index (χ1n) is 16.5. The lowest BCUT2D eigenvalue weighted by Gasteiger charge is -2.20. The van der Waals surface area contributed by atoms with Crippen molar-refractivity contribution in [3.63, 3.8) is 0 Å². The third kappa shape index (κ3) is 3.84. The summed E-state index contributed by atoms with van der Waals surface area (Å²) in [5.41, 5.74) is 7.82. The molecule has 1 aromatic heterocycles. The number of aromatic nitrogens is 2. The molecule has 7 aromatic carbocycles. The summed E-state index contributed by atoms with van der Waals surface area (Å²) in [4.78, 5) is 4.75. The Balaban J connectivity index is 1.39. The number of imidazole rings is 1. The highest BCUT2D eigenvalue weighted by Gasteiger charge is 2.19. The Kier molecular flexibility index (Phi) is 4.60. The normalized spacial score (nSPS) is 13.1. The molecule has 2 nitrogen and oxygen atoms in total. The van der Waals surface area contributed by atoms with E-state index in [0.29, 0.717) is 5.56 Å². The van der Waals surface area contributed by atoms with Gasteiger partial charge in [-0.25, -0.2) is 4.98 Å². The highest BCUT2D eigenvalue weighted by atomic mass is 15.1. The van der Waals surface area contributed by atoms with Crippen LogP contribution in [0.4, 0.5) is 0 Å². The van der Waals surface area contributed by atoms with Crippen LogP contribution in [-0.4, -0.2) is 9.55 Å². The molecule has 0 saturated heterocycles. The fraction of sp³-hybridized carbons (Fsp3) is 0.0250. The maximum Gasteiger partial charge on any atom is 0.111 e. The van der Waals surface area contributed by atoms with E-state index in [2.05, 4.69) is 59.2 Å². The second-order valence-electron chi connectivity index (χ2n) is 10.4. The van der Waals surface area contributed by atoms with E-state index in [0.717, 1.165) is 66.3 Å². The van der Waals surface area contributed by atoms with E-state index in [1.165, 1.54) is 0 Å². The van der Waals surface area contributed by atoms with Crippen molar-refractivity contribution in [2.75, 3.05) is 0 Å². The van der Waals surface area contributed by atoms with Crippen molar-refractivity contribution in [1.29, 1.82) is 0 Å². The van der Waals surface area contributed by atoms with Gasteiger partial charge >= 0.3 is 0 Å².